The smallest absolute Gasteiger partial charge is 0.104 e. The van der Waals surface area contributed by atoms with Crippen LogP contribution in [0.3, 0.4) is 0 Å². The predicted molar refractivity (Wildman–Crippen MR) is 113 cm³/mol. The lowest BCUT2D eigenvalue weighted by Crippen LogP contribution is -2.31. The number of rotatable bonds is 5. The molecule has 2 aromatic carbocycles. The van der Waals surface area contributed by atoms with Crippen molar-refractivity contribution >= 4 is 17.1 Å². The lowest BCUT2D eigenvalue weighted by Gasteiger charge is -2.33. The van der Waals surface area contributed by atoms with Crippen LogP contribution in [0.5, 0.6) is 0 Å². The molecule has 26 heavy (non-hydrogen) atoms. The zero-order valence-electron chi connectivity index (χ0n) is 16.5. The van der Waals surface area contributed by atoms with E-state index in [1.807, 2.05) is 0 Å². The number of nitrogens with one attached hydrogen (secondary N) is 1. The van der Waals surface area contributed by atoms with Gasteiger partial charge in [0.2, 0.25) is 0 Å². The summed E-state index contributed by atoms with van der Waals surface area (Å²) in [5, 5.41) is 3.91. The molecule has 1 atom stereocenters. The number of aryl methyl sites for hydroxylation is 1. The van der Waals surface area contributed by atoms with E-state index < -0.39 is 0 Å². The Bertz CT molecular complexity index is 776. The lowest BCUT2D eigenvalue weighted by molar-refractivity contribution is 0.357. The molecule has 2 heteroatoms. The van der Waals surface area contributed by atoms with E-state index in [9.17, 15) is 0 Å². The minimum atomic E-state index is 0.308. The number of para-hydroxylation sites is 2. The van der Waals surface area contributed by atoms with Crippen LogP contribution in [-0.4, -0.2) is 6.17 Å². The number of benzene rings is 2. The molecule has 4 rings (SSSR count). The summed E-state index contributed by atoms with van der Waals surface area (Å²) >= 11 is 0. The summed E-state index contributed by atoms with van der Waals surface area (Å²) in [6.45, 7) is 7.00. The van der Waals surface area contributed by atoms with Crippen LogP contribution in [0.25, 0.3) is 0 Å². The highest BCUT2D eigenvalue weighted by Gasteiger charge is 2.41. The highest BCUT2D eigenvalue weighted by Crippen LogP contribution is 2.51. The van der Waals surface area contributed by atoms with Crippen molar-refractivity contribution < 1.29 is 0 Å². The molecule has 2 aromatic rings. The van der Waals surface area contributed by atoms with Gasteiger partial charge in [0, 0.05) is 5.69 Å². The molecule has 0 amide bonds. The Balaban J connectivity index is 1.83. The number of hydrogen-bond acceptors (Lipinski definition) is 2. The first-order chi connectivity index (χ1) is 12.7. The summed E-state index contributed by atoms with van der Waals surface area (Å²) in [6, 6.07) is 16.0. The molecule has 2 heterocycles. The van der Waals surface area contributed by atoms with Crippen molar-refractivity contribution in [2.45, 2.75) is 77.3 Å². The van der Waals surface area contributed by atoms with Crippen LogP contribution >= 0.6 is 0 Å². The summed E-state index contributed by atoms with van der Waals surface area (Å²) in [6.07, 6.45) is 8.93. The van der Waals surface area contributed by atoms with Gasteiger partial charge in [0.1, 0.15) is 6.17 Å². The van der Waals surface area contributed by atoms with E-state index in [1.165, 1.54) is 67.6 Å². The molecule has 2 aliphatic heterocycles. The lowest BCUT2D eigenvalue weighted by atomic mass is 9.72. The molecule has 0 fully saturated rings. The standard InChI is InChI=1S/C24H32N2/c1-4-7-11-18-12-10-15-21-23(18)25-22-16-17-24(5-2,6-3)19-13-8-9-14-20(19)26(21)22/h8-10,12-15,22,25H,4-7,11,16-17H2,1-3H3. The summed E-state index contributed by atoms with van der Waals surface area (Å²) in [4.78, 5) is 2.59. The third-order valence-corrected chi connectivity index (χ3v) is 6.80. The average Bonchev–Trinajstić information content (AvgIpc) is 3.00. The van der Waals surface area contributed by atoms with Gasteiger partial charge < -0.3 is 10.2 Å². The predicted octanol–water partition coefficient (Wildman–Crippen LogP) is 6.77. The van der Waals surface area contributed by atoms with Crippen molar-refractivity contribution in [1.82, 2.24) is 0 Å². The Hall–Kier alpha value is -1.96. The van der Waals surface area contributed by atoms with Gasteiger partial charge in [0.25, 0.3) is 0 Å². The Morgan fingerprint density at radius 2 is 1.77 bits per heavy atom. The monoisotopic (exact) mass is 348 g/mol. The minimum absolute atomic E-state index is 0.308. The van der Waals surface area contributed by atoms with Crippen molar-refractivity contribution in [2.24, 2.45) is 0 Å². The molecule has 1 N–H and O–H groups in total. The van der Waals surface area contributed by atoms with Gasteiger partial charge in [-0.15, -0.1) is 0 Å². The summed E-state index contributed by atoms with van der Waals surface area (Å²) < 4.78 is 0. The van der Waals surface area contributed by atoms with Crippen LogP contribution in [0.1, 0.15) is 70.4 Å². The maximum absolute atomic E-state index is 3.91. The second kappa shape index (κ2) is 6.98. The number of anilines is 3. The van der Waals surface area contributed by atoms with E-state index in [0.717, 1.165) is 0 Å². The molecule has 138 valence electrons. The van der Waals surface area contributed by atoms with Gasteiger partial charge >= 0.3 is 0 Å². The van der Waals surface area contributed by atoms with Gasteiger partial charge in [-0.05, 0) is 67.2 Å². The highest BCUT2D eigenvalue weighted by atomic mass is 15.3. The first-order valence-corrected chi connectivity index (χ1v) is 10.5. The first kappa shape index (κ1) is 17.5. The van der Waals surface area contributed by atoms with Crippen LogP contribution in [0.4, 0.5) is 17.1 Å². The molecule has 0 aromatic heterocycles. The van der Waals surface area contributed by atoms with Gasteiger partial charge in [0.05, 0.1) is 11.4 Å². The molecular formula is C24H32N2. The van der Waals surface area contributed by atoms with Crippen molar-refractivity contribution in [3.8, 4) is 0 Å². The molecule has 0 spiro atoms. The number of hydrogen-bond donors (Lipinski definition) is 1. The van der Waals surface area contributed by atoms with Crippen molar-refractivity contribution in [2.75, 3.05) is 10.2 Å². The second-order valence-electron chi connectivity index (χ2n) is 7.99. The molecule has 1 unspecified atom stereocenters. The highest BCUT2D eigenvalue weighted by molar-refractivity contribution is 5.86. The van der Waals surface area contributed by atoms with Gasteiger partial charge in [-0.1, -0.05) is 57.5 Å². The van der Waals surface area contributed by atoms with Gasteiger partial charge in [-0.3, -0.25) is 0 Å². The van der Waals surface area contributed by atoms with E-state index in [1.54, 1.807) is 5.56 Å². The maximum atomic E-state index is 3.91. The zero-order chi connectivity index (χ0) is 18.1. The molecule has 0 saturated carbocycles. The van der Waals surface area contributed by atoms with Crippen molar-refractivity contribution in [3.63, 3.8) is 0 Å². The van der Waals surface area contributed by atoms with Crippen LogP contribution in [0, 0.1) is 0 Å². The Morgan fingerprint density at radius 1 is 1.00 bits per heavy atom. The fourth-order valence-corrected chi connectivity index (χ4v) is 5.09. The summed E-state index contributed by atoms with van der Waals surface area (Å²) in [5.41, 5.74) is 7.49. The van der Waals surface area contributed by atoms with Crippen LogP contribution in [-0.2, 0) is 11.8 Å². The molecular weight excluding hydrogens is 316 g/mol. The summed E-state index contributed by atoms with van der Waals surface area (Å²) in [7, 11) is 0. The Kier molecular flexibility index (Phi) is 4.69. The normalized spacial score (nSPS) is 20.0. The molecule has 2 nitrogen and oxygen atoms in total. The quantitative estimate of drug-likeness (QED) is 0.641. The van der Waals surface area contributed by atoms with Crippen molar-refractivity contribution in [1.29, 1.82) is 0 Å². The average molecular weight is 349 g/mol. The SMILES string of the molecule is CCCCc1cccc2c1NC1CCC(CC)(CC)c3ccccc3N21. The fourth-order valence-electron chi connectivity index (χ4n) is 5.09. The first-order valence-electron chi connectivity index (χ1n) is 10.5. The Morgan fingerprint density at radius 3 is 2.54 bits per heavy atom. The van der Waals surface area contributed by atoms with E-state index in [0.29, 0.717) is 11.6 Å². The largest absolute Gasteiger partial charge is 0.363 e. The number of fused-ring (bicyclic) bond motifs is 5. The maximum Gasteiger partial charge on any atom is 0.104 e. The van der Waals surface area contributed by atoms with Gasteiger partial charge in [-0.2, -0.15) is 0 Å². The van der Waals surface area contributed by atoms with E-state index in [-0.39, 0.29) is 0 Å². The van der Waals surface area contributed by atoms with Crippen LogP contribution < -0.4 is 10.2 Å². The molecule has 0 aliphatic carbocycles. The minimum Gasteiger partial charge on any atom is -0.363 e. The zero-order valence-corrected chi connectivity index (χ0v) is 16.5. The third-order valence-electron chi connectivity index (χ3n) is 6.80. The third kappa shape index (κ3) is 2.62. The number of nitrogens with zero attached hydrogens (tertiary/aromatic N) is 1. The van der Waals surface area contributed by atoms with Gasteiger partial charge in [-0.25, -0.2) is 0 Å². The fraction of sp³-hybridized carbons (Fsp3) is 0.500. The second-order valence-corrected chi connectivity index (χ2v) is 7.99. The summed E-state index contributed by atoms with van der Waals surface area (Å²) in [5.74, 6) is 0. The number of unbranched alkanes of at least 4 members (excludes halogenated alkanes) is 1. The van der Waals surface area contributed by atoms with E-state index in [4.69, 9.17) is 0 Å². The topological polar surface area (TPSA) is 15.3 Å². The van der Waals surface area contributed by atoms with Gasteiger partial charge in [0.15, 0.2) is 0 Å². The van der Waals surface area contributed by atoms with Crippen molar-refractivity contribution in [3.05, 3.63) is 53.6 Å². The van der Waals surface area contributed by atoms with E-state index >= 15 is 0 Å². The van der Waals surface area contributed by atoms with Crippen LogP contribution in [0.15, 0.2) is 42.5 Å². The molecule has 0 bridgehead atoms. The molecule has 0 saturated heterocycles. The molecule has 0 radical (unpaired) electrons. The Labute approximate surface area is 158 Å². The van der Waals surface area contributed by atoms with E-state index in [2.05, 4.69) is 73.5 Å². The molecule has 2 aliphatic rings. The van der Waals surface area contributed by atoms with Crippen LogP contribution in [0.2, 0.25) is 0 Å².